The minimum Gasteiger partial charge on any atom is -0.495 e. The molecule has 2 heterocycles. The van der Waals surface area contributed by atoms with Gasteiger partial charge in [0.25, 0.3) is 5.91 Å². The fourth-order valence-electron chi connectivity index (χ4n) is 2.31. The number of carbonyl (C=O) groups is 2. The van der Waals surface area contributed by atoms with E-state index in [9.17, 15) is 9.59 Å². The number of rotatable bonds is 5. The molecule has 1 aromatic carbocycles. The first-order chi connectivity index (χ1) is 12.4. The predicted octanol–water partition coefficient (Wildman–Crippen LogP) is 3.89. The molecule has 1 N–H and O–H groups in total. The van der Waals surface area contributed by atoms with Gasteiger partial charge in [-0.1, -0.05) is 35.6 Å². The van der Waals surface area contributed by atoms with Gasteiger partial charge < -0.3 is 14.3 Å². The second kappa shape index (κ2) is 7.53. The van der Waals surface area contributed by atoms with Crippen LogP contribution in [0.4, 0.5) is 0 Å². The molecule has 0 atom stereocenters. The van der Waals surface area contributed by atoms with Gasteiger partial charge in [0.2, 0.25) is 0 Å². The summed E-state index contributed by atoms with van der Waals surface area (Å²) in [6.07, 6.45) is 1.54. The molecule has 1 fully saturated rings. The molecule has 134 valence electrons. The summed E-state index contributed by atoms with van der Waals surface area (Å²) in [5.74, 6) is 0.000875. The fourth-order valence-corrected chi connectivity index (χ4v) is 3.80. The molecule has 0 aliphatic carbocycles. The van der Waals surface area contributed by atoms with Crippen molar-refractivity contribution in [3.63, 3.8) is 0 Å². The molecule has 0 radical (unpaired) electrons. The molecule has 2 aromatic rings. The maximum atomic E-state index is 12.3. The van der Waals surface area contributed by atoms with Crippen molar-refractivity contribution in [2.24, 2.45) is 0 Å². The van der Waals surface area contributed by atoms with Gasteiger partial charge >= 0.3 is 5.97 Å². The lowest BCUT2D eigenvalue weighted by Crippen LogP contribution is -2.33. The van der Waals surface area contributed by atoms with E-state index in [0.717, 1.165) is 22.2 Å². The van der Waals surface area contributed by atoms with Gasteiger partial charge in [0.15, 0.2) is 0 Å². The summed E-state index contributed by atoms with van der Waals surface area (Å²) in [6.45, 7) is -0.463. The molecule has 1 aliphatic rings. The Balaban J connectivity index is 1.83. The van der Waals surface area contributed by atoms with Crippen LogP contribution in [-0.2, 0) is 9.59 Å². The van der Waals surface area contributed by atoms with E-state index in [4.69, 9.17) is 38.1 Å². The van der Waals surface area contributed by atoms with Gasteiger partial charge in [-0.15, -0.1) is 0 Å². The van der Waals surface area contributed by atoms with Crippen LogP contribution in [0.2, 0.25) is 5.02 Å². The Bertz CT molecular complexity index is 937. The molecule has 0 saturated carbocycles. The number of benzene rings is 1. The lowest BCUT2D eigenvalue weighted by Gasteiger charge is -2.09. The van der Waals surface area contributed by atoms with Crippen LogP contribution in [0.25, 0.3) is 17.4 Å². The molecule has 26 heavy (non-hydrogen) atoms. The highest BCUT2D eigenvalue weighted by Gasteiger charge is 2.33. The van der Waals surface area contributed by atoms with Crippen molar-refractivity contribution in [1.29, 1.82) is 0 Å². The van der Waals surface area contributed by atoms with Gasteiger partial charge in [0, 0.05) is 11.6 Å². The number of carboxylic acid groups (broad SMARTS) is 1. The van der Waals surface area contributed by atoms with Crippen molar-refractivity contribution < 1.29 is 23.8 Å². The zero-order valence-electron chi connectivity index (χ0n) is 13.4. The van der Waals surface area contributed by atoms with Crippen molar-refractivity contribution >= 4 is 57.9 Å². The average Bonchev–Trinajstić information content (AvgIpc) is 3.15. The van der Waals surface area contributed by atoms with E-state index in [1.807, 2.05) is 0 Å². The lowest BCUT2D eigenvalue weighted by molar-refractivity contribution is -0.140. The van der Waals surface area contributed by atoms with Crippen LogP contribution in [-0.4, -0.2) is 39.9 Å². The van der Waals surface area contributed by atoms with Crippen LogP contribution >= 0.6 is 35.6 Å². The highest BCUT2D eigenvalue weighted by molar-refractivity contribution is 8.26. The van der Waals surface area contributed by atoms with Crippen LogP contribution < -0.4 is 4.74 Å². The third-order valence-electron chi connectivity index (χ3n) is 3.50. The number of thioether (sulfide) groups is 1. The number of amides is 1. The number of ether oxygens (including phenoxy) is 1. The molecule has 0 unspecified atom stereocenters. The molecule has 0 spiro atoms. The second-order valence-electron chi connectivity index (χ2n) is 5.21. The van der Waals surface area contributed by atoms with Gasteiger partial charge in [-0.2, -0.15) is 0 Å². The van der Waals surface area contributed by atoms with E-state index in [1.165, 1.54) is 13.2 Å². The Morgan fingerprint density at radius 1 is 1.42 bits per heavy atom. The summed E-state index contributed by atoms with van der Waals surface area (Å²) in [7, 11) is 1.53. The maximum Gasteiger partial charge on any atom is 0.323 e. The van der Waals surface area contributed by atoms with E-state index in [0.29, 0.717) is 27.2 Å². The van der Waals surface area contributed by atoms with Crippen LogP contribution in [0.15, 0.2) is 39.7 Å². The van der Waals surface area contributed by atoms with E-state index >= 15 is 0 Å². The summed E-state index contributed by atoms with van der Waals surface area (Å²) < 4.78 is 11.1. The molecular formula is C17H12ClNO5S2. The first-order valence-corrected chi connectivity index (χ1v) is 8.90. The number of carbonyl (C=O) groups excluding carboxylic acids is 1. The van der Waals surface area contributed by atoms with Gasteiger partial charge in [-0.25, -0.2) is 0 Å². The SMILES string of the molecule is COc1ccc(-c2ccc(/C=C3/SC(=S)N(CC(=O)O)C3=O)o2)cc1Cl. The normalized spacial score (nSPS) is 15.8. The molecule has 3 rings (SSSR count). The van der Waals surface area contributed by atoms with E-state index in [-0.39, 0.29) is 4.32 Å². The van der Waals surface area contributed by atoms with Gasteiger partial charge in [0.1, 0.15) is 28.1 Å². The smallest absolute Gasteiger partial charge is 0.323 e. The highest BCUT2D eigenvalue weighted by atomic mass is 35.5. The maximum absolute atomic E-state index is 12.3. The number of nitrogens with zero attached hydrogens (tertiary/aromatic N) is 1. The monoisotopic (exact) mass is 409 g/mol. The van der Waals surface area contributed by atoms with Crippen LogP contribution in [0.3, 0.4) is 0 Å². The van der Waals surface area contributed by atoms with Gasteiger partial charge in [0.05, 0.1) is 17.0 Å². The Labute approximate surface area is 163 Å². The van der Waals surface area contributed by atoms with Crippen molar-refractivity contribution in [2.45, 2.75) is 0 Å². The third kappa shape index (κ3) is 3.77. The summed E-state index contributed by atoms with van der Waals surface area (Å²) in [5, 5.41) is 9.31. The first kappa shape index (κ1) is 18.5. The van der Waals surface area contributed by atoms with Crippen LogP contribution in [0.5, 0.6) is 5.75 Å². The predicted molar refractivity (Wildman–Crippen MR) is 103 cm³/mol. The second-order valence-corrected chi connectivity index (χ2v) is 7.30. The van der Waals surface area contributed by atoms with E-state index in [1.54, 1.807) is 30.3 Å². The summed E-state index contributed by atoms with van der Waals surface area (Å²) in [4.78, 5) is 24.4. The van der Waals surface area contributed by atoms with E-state index < -0.39 is 18.4 Å². The molecule has 1 amide bonds. The standard InChI is InChI=1S/C17H12ClNO5S2/c1-23-13-4-2-9(6-11(13)18)12-5-3-10(24-12)7-14-16(22)19(8-15(20)21)17(25)26-14/h2-7H,8H2,1H3,(H,20,21)/b14-7+. The zero-order chi connectivity index (χ0) is 18.8. The Morgan fingerprint density at radius 3 is 2.85 bits per heavy atom. The Kier molecular flexibility index (Phi) is 5.36. The van der Waals surface area contributed by atoms with Crippen LogP contribution in [0, 0.1) is 0 Å². The number of aliphatic carboxylic acids is 1. The number of carboxylic acids is 1. The quantitative estimate of drug-likeness (QED) is 0.592. The number of furan rings is 1. The fraction of sp³-hybridized carbons (Fsp3) is 0.118. The van der Waals surface area contributed by atoms with Crippen molar-refractivity contribution in [2.75, 3.05) is 13.7 Å². The minimum atomic E-state index is -1.13. The average molecular weight is 410 g/mol. The Morgan fingerprint density at radius 2 is 2.19 bits per heavy atom. The lowest BCUT2D eigenvalue weighted by atomic mass is 10.2. The third-order valence-corrected chi connectivity index (χ3v) is 5.18. The summed E-state index contributed by atoms with van der Waals surface area (Å²) in [5.41, 5.74) is 0.758. The van der Waals surface area contributed by atoms with Gasteiger partial charge in [-0.05, 0) is 30.3 Å². The molecular weight excluding hydrogens is 398 g/mol. The molecule has 9 heteroatoms. The van der Waals surface area contributed by atoms with Crippen molar-refractivity contribution in [3.05, 3.63) is 46.0 Å². The van der Waals surface area contributed by atoms with Crippen molar-refractivity contribution in [1.82, 2.24) is 4.90 Å². The molecule has 1 aromatic heterocycles. The summed E-state index contributed by atoms with van der Waals surface area (Å²) in [6, 6.07) is 8.71. The van der Waals surface area contributed by atoms with Crippen molar-refractivity contribution in [3.8, 4) is 17.1 Å². The zero-order valence-corrected chi connectivity index (χ0v) is 15.8. The van der Waals surface area contributed by atoms with E-state index in [2.05, 4.69) is 0 Å². The number of hydrogen-bond acceptors (Lipinski definition) is 6. The number of thiocarbonyl (C=S) groups is 1. The Hall–Kier alpha value is -2.29. The molecule has 1 saturated heterocycles. The molecule has 0 bridgehead atoms. The summed E-state index contributed by atoms with van der Waals surface area (Å²) >= 11 is 12.2. The minimum absolute atomic E-state index is 0.206. The number of methoxy groups -OCH3 is 1. The highest BCUT2D eigenvalue weighted by Crippen LogP contribution is 2.34. The largest absolute Gasteiger partial charge is 0.495 e. The molecule has 6 nitrogen and oxygen atoms in total. The van der Waals surface area contributed by atoms with Crippen LogP contribution in [0.1, 0.15) is 5.76 Å². The number of hydrogen-bond donors (Lipinski definition) is 1. The molecule has 1 aliphatic heterocycles. The number of halogens is 1. The first-order valence-electron chi connectivity index (χ1n) is 7.30. The topological polar surface area (TPSA) is 80.0 Å². The van der Waals surface area contributed by atoms with Gasteiger partial charge in [-0.3, -0.25) is 14.5 Å².